The number of rotatable bonds is 12. The van der Waals surface area contributed by atoms with Crippen molar-refractivity contribution in [2.45, 2.75) is 70.9 Å². The average molecular weight is 315 g/mol. The molecule has 0 aromatic rings. The molecule has 0 radical (unpaired) electrons. The number of ether oxygens (including phenoxy) is 1. The highest BCUT2D eigenvalue weighted by Gasteiger charge is 2.24. The number of hydrogen-bond acceptors (Lipinski definition) is 4. The maximum Gasteiger partial charge on any atom is 0.0900 e. The first-order valence-electron chi connectivity index (χ1n) is 9.34. The van der Waals surface area contributed by atoms with Gasteiger partial charge >= 0.3 is 0 Å². The Balaban J connectivity index is 2.33. The molecule has 4 heteroatoms. The van der Waals surface area contributed by atoms with E-state index in [1.54, 1.807) is 7.11 Å². The number of piperazine rings is 1. The molecule has 0 aromatic carbocycles. The van der Waals surface area contributed by atoms with Crippen molar-refractivity contribution in [1.82, 2.24) is 9.80 Å². The second-order valence-electron chi connectivity index (χ2n) is 6.74. The molecular formula is C18H38N2O2. The van der Waals surface area contributed by atoms with Gasteiger partial charge in [0.1, 0.15) is 0 Å². The highest BCUT2D eigenvalue weighted by Crippen LogP contribution is 2.18. The summed E-state index contributed by atoms with van der Waals surface area (Å²) in [5.74, 6) is 0. The Labute approximate surface area is 137 Å². The monoisotopic (exact) mass is 314 g/mol. The van der Waals surface area contributed by atoms with E-state index in [4.69, 9.17) is 4.74 Å². The van der Waals surface area contributed by atoms with E-state index in [1.165, 1.54) is 44.9 Å². The maximum atomic E-state index is 9.86. The van der Waals surface area contributed by atoms with Crippen LogP contribution in [0.5, 0.6) is 0 Å². The highest BCUT2D eigenvalue weighted by atomic mass is 16.5. The van der Waals surface area contributed by atoms with E-state index in [0.717, 1.165) is 38.8 Å². The van der Waals surface area contributed by atoms with Crippen LogP contribution in [0.4, 0.5) is 0 Å². The first-order chi connectivity index (χ1) is 10.7. The van der Waals surface area contributed by atoms with Crippen molar-refractivity contribution in [3.05, 3.63) is 0 Å². The molecule has 22 heavy (non-hydrogen) atoms. The first kappa shape index (κ1) is 19.9. The minimum absolute atomic E-state index is 0.350. The second kappa shape index (κ2) is 12.3. The molecule has 132 valence electrons. The molecule has 2 unspecified atom stereocenters. The summed E-state index contributed by atoms with van der Waals surface area (Å²) < 4.78 is 5.02. The Morgan fingerprint density at radius 2 is 1.59 bits per heavy atom. The fourth-order valence-corrected chi connectivity index (χ4v) is 3.43. The summed E-state index contributed by atoms with van der Waals surface area (Å²) in [5.41, 5.74) is 0. The molecule has 1 saturated heterocycles. The zero-order chi connectivity index (χ0) is 16.2. The van der Waals surface area contributed by atoms with E-state index in [-0.39, 0.29) is 6.10 Å². The smallest absolute Gasteiger partial charge is 0.0900 e. The third-order valence-corrected chi connectivity index (χ3v) is 4.78. The van der Waals surface area contributed by atoms with E-state index in [2.05, 4.69) is 23.6 Å². The molecule has 1 N–H and O–H groups in total. The van der Waals surface area contributed by atoms with Crippen molar-refractivity contribution >= 4 is 0 Å². The van der Waals surface area contributed by atoms with Gasteiger partial charge in [-0.2, -0.15) is 0 Å². The quantitative estimate of drug-likeness (QED) is 0.562. The normalized spacial score (nSPS) is 20.2. The molecule has 1 aliphatic heterocycles. The minimum atomic E-state index is -0.350. The van der Waals surface area contributed by atoms with E-state index < -0.39 is 0 Å². The van der Waals surface area contributed by atoms with E-state index >= 15 is 0 Å². The van der Waals surface area contributed by atoms with Crippen LogP contribution in [0.3, 0.4) is 0 Å². The third kappa shape index (κ3) is 7.91. The molecule has 1 heterocycles. The number of methoxy groups -OCH3 is 1. The Morgan fingerprint density at radius 1 is 0.955 bits per heavy atom. The van der Waals surface area contributed by atoms with Crippen LogP contribution in [-0.2, 0) is 4.74 Å². The SMILES string of the molecule is CCCCCC(CCCC)N1CCN(CC(O)COC)CC1. The maximum absolute atomic E-state index is 9.86. The van der Waals surface area contributed by atoms with Gasteiger partial charge in [0.15, 0.2) is 0 Å². The van der Waals surface area contributed by atoms with Gasteiger partial charge in [-0.05, 0) is 12.8 Å². The van der Waals surface area contributed by atoms with Gasteiger partial charge in [-0.1, -0.05) is 46.0 Å². The zero-order valence-corrected chi connectivity index (χ0v) is 15.1. The summed E-state index contributed by atoms with van der Waals surface area (Å²) in [7, 11) is 1.65. The number of nitrogens with zero attached hydrogens (tertiary/aromatic N) is 2. The largest absolute Gasteiger partial charge is 0.389 e. The number of aliphatic hydroxyl groups is 1. The predicted molar refractivity (Wildman–Crippen MR) is 93.4 cm³/mol. The highest BCUT2D eigenvalue weighted by molar-refractivity contribution is 4.80. The molecule has 2 atom stereocenters. The number of β-amino-alcohol motifs (C(OH)–C–C–N with tert-alkyl or cyclic N) is 1. The summed E-state index contributed by atoms with van der Waals surface area (Å²) in [5, 5.41) is 9.86. The van der Waals surface area contributed by atoms with Gasteiger partial charge < -0.3 is 9.84 Å². The standard InChI is InChI=1S/C18H38N2O2/c1-4-6-8-10-17(9-7-5-2)20-13-11-19(12-14-20)15-18(21)16-22-3/h17-18,21H,4-16H2,1-3H3. The average Bonchev–Trinajstić information content (AvgIpc) is 2.52. The molecule has 0 spiro atoms. The lowest BCUT2D eigenvalue weighted by atomic mass is 10.0. The van der Waals surface area contributed by atoms with Crippen LogP contribution in [0.1, 0.15) is 58.8 Å². The Morgan fingerprint density at radius 3 is 2.18 bits per heavy atom. The van der Waals surface area contributed by atoms with Crippen LogP contribution in [0.25, 0.3) is 0 Å². The third-order valence-electron chi connectivity index (χ3n) is 4.78. The topological polar surface area (TPSA) is 35.9 Å². The molecule has 0 amide bonds. The second-order valence-corrected chi connectivity index (χ2v) is 6.74. The number of unbranched alkanes of at least 4 members (excludes halogenated alkanes) is 3. The molecule has 1 fully saturated rings. The Hall–Kier alpha value is -0.160. The molecule has 0 bridgehead atoms. The lowest BCUT2D eigenvalue weighted by Gasteiger charge is -2.40. The van der Waals surface area contributed by atoms with Crippen LogP contribution >= 0.6 is 0 Å². The van der Waals surface area contributed by atoms with Crippen molar-refractivity contribution in [3.8, 4) is 0 Å². The summed E-state index contributed by atoms with van der Waals surface area (Å²) in [6, 6.07) is 0.776. The van der Waals surface area contributed by atoms with Crippen LogP contribution in [0.2, 0.25) is 0 Å². The van der Waals surface area contributed by atoms with Crippen LogP contribution in [0, 0.1) is 0 Å². The Kier molecular flexibility index (Phi) is 11.1. The minimum Gasteiger partial charge on any atom is -0.389 e. The van der Waals surface area contributed by atoms with Gasteiger partial charge in [0, 0.05) is 45.9 Å². The van der Waals surface area contributed by atoms with Gasteiger partial charge in [0.2, 0.25) is 0 Å². The lowest BCUT2D eigenvalue weighted by molar-refractivity contribution is 0.0163. The predicted octanol–water partition coefficient (Wildman–Crippen LogP) is 2.75. The van der Waals surface area contributed by atoms with E-state index in [9.17, 15) is 5.11 Å². The van der Waals surface area contributed by atoms with Crippen LogP contribution in [-0.4, -0.2) is 73.5 Å². The summed E-state index contributed by atoms with van der Waals surface area (Å²) in [4.78, 5) is 5.08. The van der Waals surface area contributed by atoms with Crippen molar-refractivity contribution in [2.24, 2.45) is 0 Å². The molecule has 0 saturated carbocycles. The molecular weight excluding hydrogens is 276 g/mol. The lowest BCUT2D eigenvalue weighted by Crippen LogP contribution is -2.52. The molecule has 1 rings (SSSR count). The zero-order valence-electron chi connectivity index (χ0n) is 15.1. The summed E-state index contributed by atoms with van der Waals surface area (Å²) in [6.07, 6.45) is 9.07. The summed E-state index contributed by atoms with van der Waals surface area (Å²) in [6.45, 7) is 10.2. The molecule has 4 nitrogen and oxygen atoms in total. The molecule has 1 aliphatic rings. The fraction of sp³-hybridized carbons (Fsp3) is 1.00. The van der Waals surface area contributed by atoms with Gasteiger partial charge in [-0.15, -0.1) is 0 Å². The van der Waals surface area contributed by atoms with E-state index in [1.807, 2.05) is 0 Å². The van der Waals surface area contributed by atoms with Crippen molar-refractivity contribution in [3.63, 3.8) is 0 Å². The fourth-order valence-electron chi connectivity index (χ4n) is 3.43. The summed E-state index contributed by atoms with van der Waals surface area (Å²) >= 11 is 0. The molecule has 0 aromatic heterocycles. The first-order valence-corrected chi connectivity index (χ1v) is 9.34. The van der Waals surface area contributed by atoms with Crippen LogP contribution in [0.15, 0.2) is 0 Å². The Bertz CT molecular complexity index is 255. The molecule has 0 aliphatic carbocycles. The number of hydrogen-bond donors (Lipinski definition) is 1. The van der Waals surface area contributed by atoms with Crippen molar-refractivity contribution in [2.75, 3.05) is 46.4 Å². The van der Waals surface area contributed by atoms with Crippen molar-refractivity contribution < 1.29 is 9.84 Å². The van der Waals surface area contributed by atoms with Gasteiger partial charge in [0.05, 0.1) is 12.7 Å². The van der Waals surface area contributed by atoms with Gasteiger partial charge in [-0.25, -0.2) is 0 Å². The van der Waals surface area contributed by atoms with Crippen molar-refractivity contribution in [1.29, 1.82) is 0 Å². The van der Waals surface area contributed by atoms with E-state index in [0.29, 0.717) is 6.61 Å². The van der Waals surface area contributed by atoms with Crippen LogP contribution < -0.4 is 0 Å². The van der Waals surface area contributed by atoms with Gasteiger partial charge in [0.25, 0.3) is 0 Å². The number of aliphatic hydroxyl groups excluding tert-OH is 1. The van der Waals surface area contributed by atoms with Gasteiger partial charge in [-0.3, -0.25) is 9.80 Å².